The van der Waals surface area contributed by atoms with Gasteiger partial charge in [0.1, 0.15) is 17.1 Å². The summed E-state index contributed by atoms with van der Waals surface area (Å²) in [5.74, 6) is -0.0143. The Bertz CT molecular complexity index is 1180. The summed E-state index contributed by atoms with van der Waals surface area (Å²) in [6.45, 7) is 8.87. The third-order valence-corrected chi connectivity index (χ3v) is 6.55. The van der Waals surface area contributed by atoms with E-state index in [0.29, 0.717) is 46.6 Å². The van der Waals surface area contributed by atoms with Gasteiger partial charge in [-0.3, -0.25) is 9.89 Å². The first-order valence-electron chi connectivity index (χ1n) is 11.0. The van der Waals surface area contributed by atoms with Crippen LogP contribution >= 0.6 is 23.2 Å². The lowest BCUT2D eigenvalue weighted by Crippen LogP contribution is -2.31. The van der Waals surface area contributed by atoms with Gasteiger partial charge in [-0.2, -0.15) is 5.10 Å². The number of fused-ring (bicyclic) bond motifs is 1. The van der Waals surface area contributed by atoms with Crippen molar-refractivity contribution in [2.24, 2.45) is 0 Å². The normalized spacial score (nSPS) is 15.5. The van der Waals surface area contributed by atoms with Gasteiger partial charge in [0, 0.05) is 24.3 Å². The van der Waals surface area contributed by atoms with E-state index in [1.807, 2.05) is 39.8 Å². The Hall–Kier alpha value is -2.54. The molecule has 0 spiro atoms. The summed E-state index contributed by atoms with van der Waals surface area (Å²) in [7, 11) is 0. The minimum absolute atomic E-state index is 0.126. The molecule has 1 aliphatic heterocycles. The lowest BCUT2D eigenvalue weighted by Gasteiger charge is -2.27. The number of ether oxygens (including phenoxy) is 1. The van der Waals surface area contributed by atoms with Crippen molar-refractivity contribution in [3.8, 4) is 17.0 Å². The molecule has 0 fully saturated rings. The SMILES string of the molecule is Cc1cc(C)c(-c2n[nH]c3c2C(c2ccc(Cl)c(Cl)c2)N(CCCOC(C)C)C3=O)c(O)c1. The number of hydrogen-bond donors (Lipinski definition) is 2. The number of H-pyrrole nitrogens is 1. The minimum atomic E-state index is -0.421. The number of aromatic amines is 1. The zero-order valence-corrected chi connectivity index (χ0v) is 20.6. The molecule has 0 saturated carbocycles. The number of amides is 1. The predicted octanol–water partition coefficient (Wildman–Crippen LogP) is 6.07. The molecule has 0 radical (unpaired) electrons. The van der Waals surface area contributed by atoms with Gasteiger partial charge in [-0.15, -0.1) is 0 Å². The van der Waals surface area contributed by atoms with E-state index in [0.717, 1.165) is 22.3 Å². The fourth-order valence-electron chi connectivity index (χ4n) is 4.45. The first-order valence-corrected chi connectivity index (χ1v) is 11.7. The van der Waals surface area contributed by atoms with Crippen LogP contribution in [0.3, 0.4) is 0 Å². The largest absolute Gasteiger partial charge is 0.507 e. The maximum atomic E-state index is 13.4. The number of phenolic OH excluding ortho intramolecular Hbond substituents is 1. The van der Waals surface area contributed by atoms with E-state index >= 15 is 0 Å². The zero-order valence-electron chi connectivity index (χ0n) is 19.1. The Morgan fingerprint density at radius 1 is 1.18 bits per heavy atom. The van der Waals surface area contributed by atoms with Crippen molar-refractivity contribution in [2.75, 3.05) is 13.2 Å². The van der Waals surface area contributed by atoms with Crippen molar-refractivity contribution >= 4 is 29.1 Å². The summed E-state index contributed by atoms with van der Waals surface area (Å²) < 4.78 is 5.68. The molecule has 2 N–H and O–H groups in total. The van der Waals surface area contributed by atoms with Crippen molar-refractivity contribution in [3.05, 3.63) is 68.3 Å². The van der Waals surface area contributed by atoms with Crippen LogP contribution in [0, 0.1) is 13.8 Å². The fourth-order valence-corrected chi connectivity index (χ4v) is 4.76. The Morgan fingerprint density at radius 2 is 1.94 bits per heavy atom. The average molecular weight is 488 g/mol. The Kier molecular flexibility index (Phi) is 6.71. The van der Waals surface area contributed by atoms with E-state index in [2.05, 4.69) is 10.2 Å². The molecule has 2 aromatic carbocycles. The molecular formula is C25H27Cl2N3O3. The van der Waals surface area contributed by atoms with Crippen LogP contribution < -0.4 is 0 Å². The highest BCUT2D eigenvalue weighted by atomic mass is 35.5. The molecule has 4 rings (SSSR count). The smallest absolute Gasteiger partial charge is 0.273 e. The summed E-state index contributed by atoms with van der Waals surface area (Å²) in [5, 5.41) is 19.0. The van der Waals surface area contributed by atoms with E-state index in [-0.39, 0.29) is 17.8 Å². The molecule has 8 heteroatoms. The average Bonchev–Trinajstić information content (AvgIpc) is 3.26. The second-order valence-electron chi connectivity index (χ2n) is 8.68. The third kappa shape index (κ3) is 4.47. The Morgan fingerprint density at radius 3 is 2.61 bits per heavy atom. The monoisotopic (exact) mass is 487 g/mol. The molecule has 2 heterocycles. The summed E-state index contributed by atoms with van der Waals surface area (Å²) in [4.78, 5) is 15.2. The van der Waals surface area contributed by atoms with Gasteiger partial charge in [0.05, 0.1) is 22.2 Å². The van der Waals surface area contributed by atoms with Gasteiger partial charge in [0.25, 0.3) is 5.91 Å². The highest BCUT2D eigenvalue weighted by Crippen LogP contribution is 2.46. The number of aromatic hydroxyl groups is 1. The van der Waals surface area contributed by atoms with Gasteiger partial charge in [-0.05, 0) is 69.0 Å². The molecule has 1 aliphatic rings. The lowest BCUT2D eigenvalue weighted by molar-refractivity contribution is 0.0601. The first-order chi connectivity index (χ1) is 15.7. The van der Waals surface area contributed by atoms with Crippen LogP contribution in [0.15, 0.2) is 30.3 Å². The Balaban J connectivity index is 1.81. The standard InChI is InChI=1S/C25H27Cl2N3O3/c1-13(2)33-9-5-8-30-24(16-6-7-17(26)18(27)12-16)21-22(28-29-23(21)25(30)32)20-15(4)10-14(3)11-19(20)31/h6-7,10-13,24,31H,5,8-9H2,1-4H3,(H,28,29). The van der Waals surface area contributed by atoms with Crippen LogP contribution in [0.1, 0.15) is 59.1 Å². The number of aromatic nitrogens is 2. The number of rotatable bonds is 7. The molecule has 0 saturated heterocycles. The summed E-state index contributed by atoms with van der Waals surface area (Å²) in [5.41, 5.74) is 4.98. The van der Waals surface area contributed by atoms with E-state index in [1.54, 1.807) is 23.1 Å². The molecule has 174 valence electrons. The van der Waals surface area contributed by atoms with Crippen molar-refractivity contribution in [1.82, 2.24) is 15.1 Å². The van der Waals surface area contributed by atoms with Crippen molar-refractivity contribution in [3.63, 3.8) is 0 Å². The maximum Gasteiger partial charge on any atom is 0.273 e. The van der Waals surface area contributed by atoms with Crippen LogP contribution in [0.25, 0.3) is 11.3 Å². The number of nitrogens with zero attached hydrogens (tertiary/aromatic N) is 2. The van der Waals surface area contributed by atoms with Crippen LogP contribution in [-0.4, -0.2) is 45.4 Å². The number of halogens is 2. The number of hydrogen-bond acceptors (Lipinski definition) is 4. The van der Waals surface area contributed by atoms with Crippen LogP contribution in [0.2, 0.25) is 10.0 Å². The van der Waals surface area contributed by atoms with Crippen LogP contribution in [0.5, 0.6) is 5.75 Å². The molecule has 0 bridgehead atoms. The highest BCUT2D eigenvalue weighted by Gasteiger charge is 2.42. The summed E-state index contributed by atoms with van der Waals surface area (Å²) >= 11 is 12.5. The van der Waals surface area contributed by atoms with Crippen LogP contribution in [0.4, 0.5) is 0 Å². The second-order valence-corrected chi connectivity index (χ2v) is 9.50. The Labute approximate surface area is 203 Å². The predicted molar refractivity (Wildman–Crippen MR) is 130 cm³/mol. The lowest BCUT2D eigenvalue weighted by atomic mass is 9.93. The molecule has 1 amide bonds. The molecule has 0 aliphatic carbocycles. The number of carbonyl (C=O) groups is 1. The molecule has 1 aromatic heterocycles. The summed E-state index contributed by atoms with van der Waals surface area (Å²) in [6, 6.07) is 8.66. The third-order valence-electron chi connectivity index (χ3n) is 5.81. The van der Waals surface area contributed by atoms with E-state index < -0.39 is 6.04 Å². The van der Waals surface area contributed by atoms with Crippen LogP contribution in [-0.2, 0) is 4.74 Å². The molecule has 6 nitrogen and oxygen atoms in total. The molecule has 3 aromatic rings. The number of phenols is 1. The topological polar surface area (TPSA) is 78.5 Å². The highest BCUT2D eigenvalue weighted by molar-refractivity contribution is 6.42. The van der Waals surface area contributed by atoms with Gasteiger partial charge in [-0.1, -0.05) is 35.3 Å². The van der Waals surface area contributed by atoms with E-state index in [1.165, 1.54) is 0 Å². The van der Waals surface area contributed by atoms with E-state index in [4.69, 9.17) is 27.9 Å². The number of aryl methyl sites for hydroxylation is 2. The van der Waals surface area contributed by atoms with E-state index in [9.17, 15) is 9.90 Å². The zero-order chi connectivity index (χ0) is 23.9. The number of benzene rings is 2. The van der Waals surface area contributed by atoms with Gasteiger partial charge in [0.2, 0.25) is 0 Å². The van der Waals surface area contributed by atoms with Crippen molar-refractivity contribution < 1.29 is 14.6 Å². The minimum Gasteiger partial charge on any atom is -0.507 e. The first kappa shape index (κ1) is 23.6. The van der Waals surface area contributed by atoms with Gasteiger partial charge < -0.3 is 14.7 Å². The summed E-state index contributed by atoms with van der Waals surface area (Å²) in [6.07, 6.45) is 0.810. The molecule has 1 unspecified atom stereocenters. The fraction of sp³-hybridized carbons (Fsp3) is 0.360. The number of carbonyl (C=O) groups excluding carboxylic acids is 1. The van der Waals surface area contributed by atoms with Gasteiger partial charge in [0.15, 0.2) is 0 Å². The quantitative estimate of drug-likeness (QED) is 0.396. The van der Waals surface area contributed by atoms with Gasteiger partial charge in [-0.25, -0.2) is 0 Å². The molecule has 33 heavy (non-hydrogen) atoms. The number of nitrogens with one attached hydrogen (secondary N) is 1. The van der Waals surface area contributed by atoms with Crippen molar-refractivity contribution in [1.29, 1.82) is 0 Å². The van der Waals surface area contributed by atoms with Crippen molar-refractivity contribution in [2.45, 2.75) is 46.3 Å². The molecular weight excluding hydrogens is 461 g/mol. The molecule has 1 atom stereocenters. The van der Waals surface area contributed by atoms with Gasteiger partial charge >= 0.3 is 0 Å². The maximum absolute atomic E-state index is 13.4. The second kappa shape index (κ2) is 9.37.